The minimum Gasteiger partial charge on any atom is -0.336 e. The summed E-state index contributed by atoms with van der Waals surface area (Å²) in [5.74, 6) is -1.21. The number of carbonyl (C=O) groups is 1. The van der Waals surface area contributed by atoms with Gasteiger partial charge in [0.25, 0.3) is 5.56 Å². The number of likely N-dealkylation sites (N-methyl/N-ethyl adjacent to an activating group) is 1. The van der Waals surface area contributed by atoms with E-state index in [1.165, 1.54) is 40.7 Å². The lowest BCUT2D eigenvalue weighted by molar-refractivity contribution is -0.137. The van der Waals surface area contributed by atoms with E-state index < -0.39 is 48.1 Å². The molecule has 0 fully saturated rings. The molecular formula is C37H40F4N4O2S. The molecule has 0 saturated heterocycles. The largest absolute Gasteiger partial charge is 0.416 e. The van der Waals surface area contributed by atoms with Crippen LogP contribution >= 0.6 is 11.8 Å². The Balaban J connectivity index is 1.56. The molecular weight excluding hydrogens is 640 g/mol. The Morgan fingerprint density at radius 1 is 1.02 bits per heavy atom. The number of benzene rings is 3. The molecule has 11 heteroatoms. The molecule has 0 spiro atoms. The predicted molar refractivity (Wildman–Crippen MR) is 181 cm³/mol. The second kappa shape index (κ2) is 15.5. The molecule has 5 rings (SSSR count). The lowest BCUT2D eigenvalue weighted by atomic mass is 9.97. The van der Waals surface area contributed by atoms with Crippen molar-refractivity contribution in [3.63, 3.8) is 0 Å². The molecule has 48 heavy (non-hydrogen) atoms. The number of carbonyl (C=O) groups excluding carboxylic acids is 1. The van der Waals surface area contributed by atoms with Gasteiger partial charge in [-0.15, -0.1) is 0 Å². The zero-order valence-electron chi connectivity index (χ0n) is 32.0. The monoisotopic (exact) mass is 685 g/mol. The molecule has 1 aliphatic carbocycles. The molecule has 1 aromatic heterocycles. The molecule has 4 aromatic rings. The van der Waals surface area contributed by atoms with E-state index in [1.807, 2.05) is 18.7 Å². The zero-order valence-corrected chi connectivity index (χ0v) is 27.8. The van der Waals surface area contributed by atoms with E-state index in [-0.39, 0.29) is 51.8 Å². The van der Waals surface area contributed by atoms with Crippen LogP contribution in [0, 0.1) is 12.7 Å². The number of alkyl halides is 3. The fourth-order valence-electron chi connectivity index (χ4n) is 5.62. The molecule has 254 valence electrons. The summed E-state index contributed by atoms with van der Waals surface area (Å²) in [5.41, 5.74) is 0.564. The first kappa shape index (κ1) is 29.0. The zero-order chi connectivity index (χ0) is 38.8. The standard InChI is InChI=1S/C37H40F4N4O2S/c1-4-43(5-2)19-20-44(22-27-11-18-31(25(3)21-27)28-12-14-29(15-13-28)37(39,40)41)34(46)23-45-33-8-6-7-32(33)35(47)42-36(45)48-24-26-9-16-30(38)17-10-26/h9-18,21H,4-8,19-20,22-24H2,1-3H3/i11D,18D,21D,23D2. The Labute approximate surface area is 289 Å². The molecule has 1 amide bonds. The fraction of sp³-hybridized carbons (Fsp3) is 0.378. The SMILES string of the molecule is [2H]c1c([2H])c(-c2ccc(C(F)(F)F)cc2)c(C)c([2H])c1CN(CCN(CC)CC)C(=O)C([2H])([2H])n1c(SCc2ccc(F)cc2)nc(=O)c2c1CCC2. The number of rotatable bonds is 13. The summed E-state index contributed by atoms with van der Waals surface area (Å²) in [6, 6.07) is 8.91. The maximum Gasteiger partial charge on any atom is 0.416 e. The van der Waals surface area contributed by atoms with Crippen LogP contribution in [0.3, 0.4) is 0 Å². The van der Waals surface area contributed by atoms with Crippen molar-refractivity contribution < 1.29 is 29.2 Å². The number of halogens is 4. The molecule has 0 unspecified atom stereocenters. The molecule has 0 bridgehead atoms. The molecule has 6 nitrogen and oxygen atoms in total. The van der Waals surface area contributed by atoms with Crippen LogP contribution in [0.2, 0.25) is 0 Å². The number of aromatic nitrogens is 2. The van der Waals surface area contributed by atoms with Gasteiger partial charge in [0.2, 0.25) is 5.91 Å². The summed E-state index contributed by atoms with van der Waals surface area (Å²) in [7, 11) is 0. The second-order valence-corrected chi connectivity index (χ2v) is 12.5. The van der Waals surface area contributed by atoms with Crippen molar-refractivity contribution in [2.45, 2.75) is 70.2 Å². The summed E-state index contributed by atoms with van der Waals surface area (Å²) in [5, 5.41) is -0.0189. The van der Waals surface area contributed by atoms with Crippen molar-refractivity contribution in [1.82, 2.24) is 19.4 Å². The highest BCUT2D eigenvalue weighted by molar-refractivity contribution is 7.98. The van der Waals surface area contributed by atoms with E-state index in [0.29, 0.717) is 55.7 Å². The average molecular weight is 686 g/mol. The van der Waals surface area contributed by atoms with Gasteiger partial charge in [-0.1, -0.05) is 68.0 Å². The minimum absolute atomic E-state index is 0.000185. The normalized spacial score (nSPS) is 14.6. The summed E-state index contributed by atoms with van der Waals surface area (Å²) in [6.45, 7) is 3.83. The minimum atomic E-state index is -4.57. The number of fused-ring (bicyclic) bond motifs is 1. The molecule has 0 saturated carbocycles. The molecule has 0 radical (unpaired) electrons. The van der Waals surface area contributed by atoms with Crippen molar-refractivity contribution in [2.75, 3.05) is 26.2 Å². The number of thioether (sulfide) groups is 1. The lowest BCUT2D eigenvalue weighted by Crippen LogP contribution is -2.40. The van der Waals surface area contributed by atoms with E-state index in [4.69, 9.17) is 4.11 Å². The topological polar surface area (TPSA) is 58.4 Å². The number of hydrogen-bond donors (Lipinski definition) is 0. The van der Waals surface area contributed by atoms with Gasteiger partial charge < -0.3 is 14.4 Å². The first-order valence-electron chi connectivity index (χ1n) is 18.3. The summed E-state index contributed by atoms with van der Waals surface area (Å²) in [6.07, 6.45) is -3.29. The smallest absolute Gasteiger partial charge is 0.336 e. The van der Waals surface area contributed by atoms with Gasteiger partial charge in [0, 0.05) is 36.6 Å². The number of nitrogens with zero attached hydrogens (tertiary/aromatic N) is 4. The molecule has 1 aliphatic rings. The third kappa shape index (κ3) is 8.54. The van der Waals surface area contributed by atoms with E-state index in [9.17, 15) is 29.9 Å². The first-order valence-corrected chi connectivity index (χ1v) is 16.8. The Hall–Kier alpha value is -3.96. The van der Waals surface area contributed by atoms with Crippen LogP contribution in [0.15, 0.2) is 76.6 Å². The highest BCUT2D eigenvalue weighted by Crippen LogP contribution is 2.32. The third-order valence-electron chi connectivity index (χ3n) is 8.36. The second-order valence-electron chi connectivity index (χ2n) is 11.5. The Bertz CT molecular complexity index is 2010. The van der Waals surface area contributed by atoms with Gasteiger partial charge >= 0.3 is 6.18 Å². The van der Waals surface area contributed by atoms with Gasteiger partial charge in [0.1, 0.15) is 12.3 Å². The van der Waals surface area contributed by atoms with Gasteiger partial charge in [-0.2, -0.15) is 18.2 Å². The van der Waals surface area contributed by atoms with Crippen LogP contribution in [-0.4, -0.2) is 51.4 Å². The van der Waals surface area contributed by atoms with Gasteiger partial charge in [0.05, 0.1) is 12.4 Å². The predicted octanol–water partition coefficient (Wildman–Crippen LogP) is 7.53. The van der Waals surface area contributed by atoms with Crippen molar-refractivity contribution >= 4 is 17.7 Å². The molecule has 0 atom stereocenters. The Kier molecular flexibility index (Phi) is 9.37. The van der Waals surface area contributed by atoms with Crippen LogP contribution in [-0.2, 0) is 42.6 Å². The molecule has 0 aliphatic heterocycles. The maximum atomic E-state index is 14.6. The highest BCUT2D eigenvalue weighted by atomic mass is 32.2. The van der Waals surface area contributed by atoms with E-state index >= 15 is 0 Å². The highest BCUT2D eigenvalue weighted by Gasteiger charge is 2.30. The quantitative estimate of drug-likeness (QED) is 0.0828. The first-order chi connectivity index (χ1) is 25.0. The fourth-order valence-corrected chi connectivity index (χ4v) is 6.54. The van der Waals surface area contributed by atoms with E-state index in [2.05, 4.69) is 4.98 Å². The van der Waals surface area contributed by atoms with Crippen LogP contribution in [0.4, 0.5) is 17.6 Å². The Morgan fingerprint density at radius 2 is 1.73 bits per heavy atom. The van der Waals surface area contributed by atoms with Gasteiger partial charge in [0.15, 0.2) is 5.16 Å². The molecule has 0 N–H and O–H groups in total. The summed E-state index contributed by atoms with van der Waals surface area (Å²) < 4.78 is 99.9. The lowest BCUT2D eigenvalue weighted by Gasteiger charge is -2.28. The van der Waals surface area contributed by atoms with Crippen LogP contribution < -0.4 is 5.56 Å². The van der Waals surface area contributed by atoms with E-state index in [0.717, 1.165) is 23.9 Å². The van der Waals surface area contributed by atoms with Crippen molar-refractivity contribution in [1.29, 1.82) is 0 Å². The maximum absolute atomic E-state index is 14.6. The number of hydrogen-bond acceptors (Lipinski definition) is 5. The van der Waals surface area contributed by atoms with E-state index in [1.54, 1.807) is 12.1 Å². The summed E-state index contributed by atoms with van der Waals surface area (Å²) in [4.78, 5) is 35.1. The van der Waals surface area contributed by atoms with Crippen molar-refractivity contribution in [3.8, 4) is 11.1 Å². The van der Waals surface area contributed by atoms with Crippen LogP contribution in [0.25, 0.3) is 11.1 Å². The van der Waals surface area contributed by atoms with Gasteiger partial charge in [-0.05, 0) is 91.4 Å². The molecule has 3 aromatic carbocycles. The number of amides is 1. The average Bonchev–Trinajstić information content (AvgIpc) is 3.62. The van der Waals surface area contributed by atoms with Crippen molar-refractivity contribution in [2.24, 2.45) is 0 Å². The Morgan fingerprint density at radius 3 is 2.40 bits per heavy atom. The van der Waals surface area contributed by atoms with Gasteiger partial charge in [-0.3, -0.25) is 9.59 Å². The van der Waals surface area contributed by atoms with Gasteiger partial charge in [-0.25, -0.2) is 4.39 Å². The van der Waals surface area contributed by atoms with Crippen LogP contribution in [0.5, 0.6) is 0 Å². The summed E-state index contributed by atoms with van der Waals surface area (Å²) >= 11 is 1.05. The van der Waals surface area contributed by atoms with Crippen LogP contribution in [0.1, 0.15) is 60.6 Å². The molecule has 1 heterocycles. The third-order valence-corrected chi connectivity index (χ3v) is 9.37. The van der Waals surface area contributed by atoms with Crippen molar-refractivity contribution in [3.05, 3.63) is 116 Å².